The lowest BCUT2D eigenvalue weighted by atomic mass is 10.0. The van der Waals surface area contributed by atoms with Crippen molar-refractivity contribution in [2.45, 2.75) is 6.42 Å². The Kier molecular flexibility index (Phi) is 7.92. The second kappa shape index (κ2) is 10.4. The SMILES string of the molecule is CN(C)CC/C=C/c1sc2ccccc2c1-c1ccccc1.O=C(O)C(=O)O. The van der Waals surface area contributed by atoms with E-state index in [1.807, 2.05) is 11.3 Å². The molecule has 3 rings (SSSR count). The number of fused-ring (bicyclic) bond motifs is 1. The average molecular weight is 397 g/mol. The van der Waals surface area contributed by atoms with Crippen molar-refractivity contribution in [3.05, 3.63) is 65.6 Å². The molecular weight excluding hydrogens is 374 g/mol. The first-order valence-corrected chi connectivity index (χ1v) is 9.56. The lowest BCUT2D eigenvalue weighted by Crippen LogP contribution is -2.11. The Morgan fingerprint density at radius 1 is 0.964 bits per heavy atom. The topological polar surface area (TPSA) is 77.8 Å². The summed E-state index contributed by atoms with van der Waals surface area (Å²) in [6.45, 7) is 1.09. The second-order valence-electron chi connectivity index (χ2n) is 6.31. The number of hydrogen-bond acceptors (Lipinski definition) is 4. The zero-order chi connectivity index (χ0) is 20.5. The molecule has 0 aliphatic rings. The molecule has 2 aromatic carbocycles. The van der Waals surface area contributed by atoms with Crippen molar-refractivity contribution in [1.29, 1.82) is 0 Å². The van der Waals surface area contributed by atoms with E-state index in [0.717, 1.165) is 13.0 Å². The molecule has 146 valence electrons. The van der Waals surface area contributed by atoms with Gasteiger partial charge in [0.15, 0.2) is 0 Å². The van der Waals surface area contributed by atoms with Crippen LogP contribution >= 0.6 is 11.3 Å². The van der Waals surface area contributed by atoms with E-state index in [9.17, 15) is 0 Å². The Morgan fingerprint density at radius 2 is 1.57 bits per heavy atom. The van der Waals surface area contributed by atoms with Gasteiger partial charge in [-0.15, -0.1) is 11.3 Å². The third-order valence-electron chi connectivity index (χ3n) is 3.88. The van der Waals surface area contributed by atoms with Crippen molar-refractivity contribution in [1.82, 2.24) is 4.90 Å². The largest absolute Gasteiger partial charge is 0.473 e. The van der Waals surface area contributed by atoms with Crippen LogP contribution in [0.3, 0.4) is 0 Å². The Morgan fingerprint density at radius 3 is 2.18 bits per heavy atom. The molecule has 1 heterocycles. The summed E-state index contributed by atoms with van der Waals surface area (Å²) in [5.74, 6) is -3.65. The molecule has 0 aliphatic heterocycles. The minimum Gasteiger partial charge on any atom is -0.473 e. The monoisotopic (exact) mass is 397 g/mol. The van der Waals surface area contributed by atoms with Crippen LogP contribution in [0.1, 0.15) is 11.3 Å². The fourth-order valence-electron chi connectivity index (χ4n) is 2.61. The smallest absolute Gasteiger partial charge is 0.414 e. The minimum atomic E-state index is -1.82. The molecule has 0 aliphatic carbocycles. The number of benzene rings is 2. The molecular formula is C22H23NO4S. The fraction of sp³-hybridized carbons (Fsp3) is 0.182. The molecule has 5 nitrogen and oxygen atoms in total. The van der Waals surface area contributed by atoms with Gasteiger partial charge in [-0.1, -0.05) is 54.6 Å². The molecule has 0 amide bonds. The van der Waals surface area contributed by atoms with Crippen molar-refractivity contribution in [3.8, 4) is 11.1 Å². The summed E-state index contributed by atoms with van der Waals surface area (Å²) in [5, 5.41) is 16.1. The summed E-state index contributed by atoms with van der Waals surface area (Å²) >= 11 is 1.88. The molecule has 0 fully saturated rings. The number of carboxylic acids is 2. The molecule has 1 aromatic heterocycles. The first-order chi connectivity index (χ1) is 13.4. The Balaban J connectivity index is 0.000000409. The van der Waals surface area contributed by atoms with Gasteiger partial charge in [0.05, 0.1) is 0 Å². The van der Waals surface area contributed by atoms with E-state index in [1.54, 1.807) is 0 Å². The molecule has 6 heteroatoms. The lowest BCUT2D eigenvalue weighted by molar-refractivity contribution is -0.159. The minimum absolute atomic E-state index is 1.08. The van der Waals surface area contributed by atoms with Crippen LogP contribution in [0, 0.1) is 0 Å². The van der Waals surface area contributed by atoms with Gasteiger partial charge in [-0.25, -0.2) is 9.59 Å². The van der Waals surface area contributed by atoms with Gasteiger partial charge in [0.25, 0.3) is 0 Å². The molecule has 0 unspecified atom stereocenters. The highest BCUT2D eigenvalue weighted by Gasteiger charge is 2.11. The Hall–Kier alpha value is -2.96. The van der Waals surface area contributed by atoms with Gasteiger partial charge in [0.1, 0.15) is 0 Å². The lowest BCUT2D eigenvalue weighted by Gasteiger charge is -2.06. The van der Waals surface area contributed by atoms with Gasteiger partial charge in [0.2, 0.25) is 0 Å². The van der Waals surface area contributed by atoms with E-state index in [1.165, 1.54) is 26.1 Å². The maximum absolute atomic E-state index is 9.10. The molecule has 3 aromatic rings. The molecule has 0 atom stereocenters. The normalized spacial score (nSPS) is 10.8. The molecule has 28 heavy (non-hydrogen) atoms. The molecule has 0 saturated heterocycles. The Labute approximate surface area is 168 Å². The number of nitrogens with zero attached hydrogens (tertiary/aromatic N) is 1. The number of carbonyl (C=O) groups is 2. The van der Waals surface area contributed by atoms with E-state index in [4.69, 9.17) is 19.8 Å². The number of carboxylic acid groups (broad SMARTS) is 2. The van der Waals surface area contributed by atoms with Crippen molar-refractivity contribution in [3.63, 3.8) is 0 Å². The summed E-state index contributed by atoms with van der Waals surface area (Å²) in [6, 6.07) is 19.4. The zero-order valence-corrected chi connectivity index (χ0v) is 16.6. The van der Waals surface area contributed by atoms with Crippen LogP contribution < -0.4 is 0 Å². The van der Waals surface area contributed by atoms with Crippen LogP contribution in [-0.4, -0.2) is 47.7 Å². The fourth-order valence-corrected chi connectivity index (χ4v) is 3.77. The highest BCUT2D eigenvalue weighted by Crippen LogP contribution is 2.39. The number of hydrogen-bond donors (Lipinski definition) is 2. The number of thiophene rings is 1. The summed E-state index contributed by atoms with van der Waals surface area (Å²) in [5.41, 5.74) is 2.66. The van der Waals surface area contributed by atoms with E-state index in [2.05, 4.69) is 85.7 Å². The van der Waals surface area contributed by atoms with Gasteiger partial charge in [-0.3, -0.25) is 0 Å². The molecule has 0 spiro atoms. The van der Waals surface area contributed by atoms with Crippen molar-refractivity contribution >= 4 is 39.4 Å². The highest BCUT2D eigenvalue weighted by molar-refractivity contribution is 7.20. The predicted molar refractivity (Wildman–Crippen MR) is 115 cm³/mol. The Bertz CT molecular complexity index is 949. The second-order valence-corrected chi connectivity index (χ2v) is 7.39. The first kappa shape index (κ1) is 21.3. The number of aliphatic carboxylic acids is 2. The van der Waals surface area contributed by atoms with E-state index in [0.29, 0.717) is 0 Å². The summed E-state index contributed by atoms with van der Waals surface area (Å²) in [6.07, 6.45) is 5.66. The van der Waals surface area contributed by atoms with Gasteiger partial charge in [0, 0.05) is 27.1 Å². The zero-order valence-electron chi connectivity index (χ0n) is 15.8. The quantitative estimate of drug-likeness (QED) is 0.611. The maximum Gasteiger partial charge on any atom is 0.414 e. The van der Waals surface area contributed by atoms with E-state index < -0.39 is 11.9 Å². The first-order valence-electron chi connectivity index (χ1n) is 8.74. The average Bonchev–Trinajstić information content (AvgIpc) is 3.04. The third kappa shape index (κ3) is 6.04. The van der Waals surface area contributed by atoms with Gasteiger partial charge in [-0.05, 0) is 38.2 Å². The molecule has 0 saturated carbocycles. The molecule has 0 radical (unpaired) electrons. The summed E-state index contributed by atoms with van der Waals surface area (Å²) < 4.78 is 1.36. The molecule has 0 bridgehead atoms. The third-order valence-corrected chi connectivity index (χ3v) is 5.02. The van der Waals surface area contributed by atoms with Crippen molar-refractivity contribution < 1.29 is 19.8 Å². The maximum atomic E-state index is 9.10. The van der Waals surface area contributed by atoms with Crippen LogP contribution in [0.15, 0.2) is 60.7 Å². The standard InChI is InChI=1S/C20H21NS.C2H2O4/c1-21(2)15-9-8-14-19-20(16-10-4-3-5-11-16)17-12-6-7-13-18(17)22-19;3-1(4)2(5)6/h3-8,10-14H,9,15H2,1-2H3;(H,3,4)(H,5,6)/b14-8+;. The van der Waals surface area contributed by atoms with Crippen LogP contribution in [-0.2, 0) is 9.59 Å². The number of rotatable bonds is 5. The predicted octanol–water partition coefficient (Wildman–Crippen LogP) is 4.69. The summed E-state index contributed by atoms with van der Waals surface area (Å²) in [7, 11) is 4.23. The van der Waals surface area contributed by atoms with Gasteiger partial charge in [-0.2, -0.15) is 0 Å². The van der Waals surface area contributed by atoms with E-state index >= 15 is 0 Å². The van der Waals surface area contributed by atoms with Crippen molar-refractivity contribution in [2.75, 3.05) is 20.6 Å². The van der Waals surface area contributed by atoms with E-state index in [-0.39, 0.29) is 0 Å². The van der Waals surface area contributed by atoms with Crippen LogP contribution in [0.2, 0.25) is 0 Å². The summed E-state index contributed by atoms with van der Waals surface area (Å²) in [4.78, 5) is 21.8. The van der Waals surface area contributed by atoms with Crippen molar-refractivity contribution in [2.24, 2.45) is 0 Å². The van der Waals surface area contributed by atoms with Crippen LogP contribution in [0.5, 0.6) is 0 Å². The van der Waals surface area contributed by atoms with Gasteiger partial charge < -0.3 is 15.1 Å². The van der Waals surface area contributed by atoms with Crippen LogP contribution in [0.4, 0.5) is 0 Å². The van der Waals surface area contributed by atoms with Gasteiger partial charge >= 0.3 is 11.9 Å². The highest BCUT2D eigenvalue weighted by atomic mass is 32.1. The molecule has 2 N–H and O–H groups in total. The van der Waals surface area contributed by atoms with Crippen LogP contribution in [0.25, 0.3) is 27.3 Å².